The van der Waals surface area contributed by atoms with E-state index >= 15 is 0 Å². The van der Waals surface area contributed by atoms with Crippen molar-refractivity contribution in [2.24, 2.45) is 0 Å². The molecule has 0 aromatic carbocycles. The molecule has 0 saturated carbocycles. The summed E-state index contributed by atoms with van der Waals surface area (Å²) in [6, 6.07) is 0. The average Bonchev–Trinajstić information content (AvgIpc) is 1.50. The first kappa shape index (κ1) is 18.0. The van der Waals surface area contributed by atoms with Crippen molar-refractivity contribution in [3.63, 3.8) is 0 Å². The summed E-state index contributed by atoms with van der Waals surface area (Å²) in [5.41, 5.74) is 0. The minimum absolute atomic E-state index is 0. The van der Waals surface area contributed by atoms with Crippen LogP contribution in [0.5, 0.6) is 0 Å². The molecule has 0 nitrogen and oxygen atoms in total. The number of halogens is 2. The Hall–Kier alpha value is 0.457. The number of rotatable bonds is 0. The molecule has 0 N–H and O–H groups in total. The van der Waals surface area contributed by atoms with E-state index in [-0.39, 0.29) is 18.9 Å². The summed E-state index contributed by atoms with van der Waals surface area (Å²) in [7, 11) is 1.00. The maximum absolute atomic E-state index is 9.50. The van der Waals surface area contributed by atoms with Gasteiger partial charge in [-0.25, -0.2) is 0 Å². The summed E-state index contributed by atoms with van der Waals surface area (Å²) in [6.45, 7) is 0. The molecule has 0 rings (SSSR count). The Bertz CT molecular complexity index is 7.61. The molecule has 0 heterocycles. The van der Waals surface area contributed by atoms with E-state index < -0.39 is 0 Å². The van der Waals surface area contributed by atoms with E-state index in [0.29, 0.717) is 14.4 Å². The molecule has 0 bridgehead atoms. The SMILES string of the molecule is CF.CF.[Li]. The van der Waals surface area contributed by atoms with Gasteiger partial charge < -0.3 is 0 Å². The maximum atomic E-state index is 9.50. The Morgan fingerprint density at radius 3 is 0.800 bits per heavy atom. The molecule has 0 saturated heterocycles. The van der Waals surface area contributed by atoms with Gasteiger partial charge >= 0.3 is 0 Å². The van der Waals surface area contributed by atoms with Crippen LogP contribution < -0.4 is 0 Å². The fraction of sp³-hybridized carbons (Fsp3) is 1.00. The second-order valence-electron chi connectivity index (χ2n) is 0. The summed E-state index contributed by atoms with van der Waals surface area (Å²) in [5, 5.41) is 0. The van der Waals surface area contributed by atoms with Crippen LogP contribution in [-0.4, -0.2) is 33.2 Å². The van der Waals surface area contributed by atoms with E-state index in [1.165, 1.54) is 0 Å². The van der Waals surface area contributed by atoms with Crippen LogP contribution in [0, 0.1) is 0 Å². The second kappa shape index (κ2) is 255. The Balaban J connectivity index is -0.0000000133. The summed E-state index contributed by atoms with van der Waals surface area (Å²) in [6.07, 6.45) is 0. The molecule has 0 unspecified atom stereocenters. The van der Waals surface area contributed by atoms with Gasteiger partial charge in [-0.15, -0.1) is 0 Å². The van der Waals surface area contributed by atoms with Crippen LogP contribution in [0.25, 0.3) is 0 Å². The minimum Gasteiger partial charge on any atom is -0.255 e. The van der Waals surface area contributed by atoms with Crippen LogP contribution in [0.2, 0.25) is 0 Å². The maximum Gasteiger partial charge on any atom is 0.0785 e. The third-order valence-electron chi connectivity index (χ3n) is 0. The predicted molar refractivity (Wildman–Crippen MR) is 19.8 cm³/mol. The third kappa shape index (κ3) is 129. The molecule has 29 valence electrons. The van der Waals surface area contributed by atoms with E-state index in [9.17, 15) is 8.78 Å². The number of hydrogen-bond donors (Lipinski definition) is 0. The molecule has 0 aromatic heterocycles. The molecule has 1 radical (unpaired) electrons. The largest absolute Gasteiger partial charge is 0.255 e. The Kier molecular flexibility index (Phi) is 915. The predicted octanol–water partition coefficient (Wildman–Crippen LogP) is 0.791. The molecule has 0 fully saturated rings. The smallest absolute Gasteiger partial charge is 0.0785 e. The zero-order chi connectivity index (χ0) is 4.00. The van der Waals surface area contributed by atoms with Crippen molar-refractivity contribution < 1.29 is 8.78 Å². The Morgan fingerprint density at radius 2 is 0.800 bits per heavy atom. The van der Waals surface area contributed by atoms with E-state index in [1.54, 1.807) is 0 Å². The molecular formula is C2H6F2Li. The third-order valence-corrected chi connectivity index (χ3v) is 0. The summed E-state index contributed by atoms with van der Waals surface area (Å²) in [5.74, 6) is 0. The van der Waals surface area contributed by atoms with Gasteiger partial charge in [-0.1, -0.05) is 0 Å². The summed E-state index contributed by atoms with van der Waals surface area (Å²) >= 11 is 0. The zero-order valence-electron chi connectivity index (χ0n) is 3.76. The summed E-state index contributed by atoms with van der Waals surface area (Å²) < 4.78 is 19.0. The van der Waals surface area contributed by atoms with Gasteiger partial charge in [0, 0.05) is 18.9 Å². The first-order valence-electron chi connectivity index (χ1n) is 0.756. The van der Waals surface area contributed by atoms with Gasteiger partial charge in [-0.2, -0.15) is 0 Å². The van der Waals surface area contributed by atoms with Crippen molar-refractivity contribution in [1.82, 2.24) is 0 Å². The van der Waals surface area contributed by atoms with Crippen LogP contribution in [0.15, 0.2) is 0 Å². The van der Waals surface area contributed by atoms with Gasteiger partial charge in [-0.05, 0) is 0 Å². The van der Waals surface area contributed by atoms with Crippen molar-refractivity contribution in [2.45, 2.75) is 0 Å². The fourth-order valence-corrected chi connectivity index (χ4v) is 0. The van der Waals surface area contributed by atoms with Crippen LogP contribution >= 0.6 is 0 Å². The molecule has 3 heteroatoms. The average molecular weight is 75.0 g/mol. The van der Waals surface area contributed by atoms with Gasteiger partial charge in [0.25, 0.3) is 0 Å². The second-order valence-corrected chi connectivity index (χ2v) is 0. The van der Waals surface area contributed by atoms with Crippen molar-refractivity contribution in [3.8, 4) is 0 Å². The molecule has 0 aromatic rings. The zero-order valence-corrected chi connectivity index (χ0v) is 3.76. The Morgan fingerprint density at radius 1 is 0.800 bits per heavy atom. The molecule has 0 aliphatic carbocycles. The monoisotopic (exact) mass is 75.1 g/mol. The molecule has 0 amide bonds. The van der Waals surface area contributed by atoms with Crippen molar-refractivity contribution in [2.75, 3.05) is 14.4 Å². The van der Waals surface area contributed by atoms with Crippen molar-refractivity contribution in [3.05, 3.63) is 0 Å². The first-order chi connectivity index (χ1) is 2.00. The molecule has 0 aliphatic heterocycles. The van der Waals surface area contributed by atoms with Crippen LogP contribution in [0.3, 0.4) is 0 Å². The number of alkyl halides is 2. The van der Waals surface area contributed by atoms with Gasteiger partial charge in [0.05, 0.1) is 14.4 Å². The van der Waals surface area contributed by atoms with Gasteiger partial charge in [-0.3, -0.25) is 8.78 Å². The van der Waals surface area contributed by atoms with Crippen LogP contribution in [0.4, 0.5) is 8.78 Å². The first-order valence-corrected chi connectivity index (χ1v) is 0.756. The Labute approximate surface area is 42.7 Å². The van der Waals surface area contributed by atoms with Crippen LogP contribution in [0.1, 0.15) is 0 Å². The summed E-state index contributed by atoms with van der Waals surface area (Å²) in [4.78, 5) is 0. The molecule has 0 atom stereocenters. The van der Waals surface area contributed by atoms with Gasteiger partial charge in [0.1, 0.15) is 0 Å². The fourth-order valence-electron chi connectivity index (χ4n) is 0. The molecule has 0 spiro atoms. The molecular weight excluding hydrogens is 69.0 g/mol. The van der Waals surface area contributed by atoms with Crippen molar-refractivity contribution >= 4 is 18.9 Å². The normalized spacial score (nSPS) is 2.40. The van der Waals surface area contributed by atoms with Crippen molar-refractivity contribution in [1.29, 1.82) is 0 Å². The van der Waals surface area contributed by atoms with Gasteiger partial charge in [0.2, 0.25) is 0 Å². The van der Waals surface area contributed by atoms with E-state index in [0.717, 1.165) is 0 Å². The van der Waals surface area contributed by atoms with Gasteiger partial charge in [0.15, 0.2) is 0 Å². The topological polar surface area (TPSA) is 0 Å². The standard InChI is InChI=1S/2CH3F.Li/c2*1-2;/h2*1H3;. The quantitative estimate of drug-likeness (QED) is 0.373. The minimum atomic E-state index is 0. The van der Waals surface area contributed by atoms with E-state index in [1.807, 2.05) is 0 Å². The van der Waals surface area contributed by atoms with E-state index in [4.69, 9.17) is 0 Å². The van der Waals surface area contributed by atoms with Crippen LogP contribution in [-0.2, 0) is 0 Å². The van der Waals surface area contributed by atoms with E-state index in [2.05, 4.69) is 0 Å². The number of hydrogen-bond acceptors (Lipinski definition) is 0. The molecule has 5 heavy (non-hydrogen) atoms. The molecule has 0 aliphatic rings.